The number of nitrogens with one attached hydrogen (secondary N) is 1. The lowest BCUT2D eigenvalue weighted by Gasteiger charge is -2.28. The first kappa shape index (κ1) is 13.7. The summed E-state index contributed by atoms with van der Waals surface area (Å²) in [5.41, 5.74) is -0.0434. The van der Waals surface area contributed by atoms with Crippen molar-refractivity contribution >= 4 is 6.09 Å². The minimum atomic E-state index is -0.391. The summed E-state index contributed by atoms with van der Waals surface area (Å²) in [6.45, 7) is 9.71. The van der Waals surface area contributed by atoms with Gasteiger partial charge in [0.1, 0.15) is 5.60 Å². The van der Waals surface area contributed by atoms with Gasteiger partial charge in [-0.2, -0.15) is 0 Å². The van der Waals surface area contributed by atoms with E-state index in [2.05, 4.69) is 5.32 Å². The van der Waals surface area contributed by atoms with Crippen LogP contribution in [-0.4, -0.2) is 42.8 Å². The number of likely N-dealkylation sites (tertiary alicyclic amines) is 1. The number of hydrogen-bond acceptors (Lipinski definition) is 3. The molecule has 1 spiro atoms. The van der Waals surface area contributed by atoms with E-state index in [1.807, 2.05) is 25.7 Å². The standard InChI is InChI=1S/C14H26N2O2/c1-13(2,3)18-12(17)16-10-7-14(11-16)5-4-8-15-9-6-14/h15H,4-11H2,1-3H3. The lowest BCUT2D eigenvalue weighted by atomic mass is 9.80. The summed E-state index contributed by atoms with van der Waals surface area (Å²) in [4.78, 5) is 14.0. The highest BCUT2D eigenvalue weighted by Gasteiger charge is 2.40. The molecule has 0 aromatic carbocycles. The predicted octanol–water partition coefficient (Wildman–Crippen LogP) is 2.39. The maximum atomic E-state index is 12.1. The Hall–Kier alpha value is -0.770. The molecular formula is C14H26N2O2. The molecule has 4 heteroatoms. The van der Waals surface area contributed by atoms with Crippen molar-refractivity contribution in [2.45, 2.75) is 52.1 Å². The summed E-state index contributed by atoms with van der Waals surface area (Å²) >= 11 is 0. The van der Waals surface area contributed by atoms with Gasteiger partial charge in [0, 0.05) is 13.1 Å². The van der Waals surface area contributed by atoms with Crippen LogP contribution < -0.4 is 5.32 Å². The second-order valence-electron chi connectivity index (χ2n) is 6.76. The molecule has 1 amide bonds. The second-order valence-corrected chi connectivity index (χ2v) is 6.76. The summed E-state index contributed by atoms with van der Waals surface area (Å²) in [5, 5.41) is 3.45. The summed E-state index contributed by atoms with van der Waals surface area (Å²) in [6, 6.07) is 0. The first-order chi connectivity index (χ1) is 8.40. The number of rotatable bonds is 0. The molecule has 2 aliphatic heterocycles. The quantitative estimate of drug-likeness (QED) is 0.721. The lowest BCUT2D eigenvalue weighted by Crippen LogP contribution is -2.37. The van der Waals surface area contributed by atoms with E-state index in [0.717, 1.165) is 32.6 Å². The monoisotopic (exact) mass is 254 g/mol. The lowest BCUT2D eigenvalue weighted by molar-refractivity contribution is 0.0269. The van der Waals surface area contributed by atoms with Gasteiger partial charge < -0.3 is 15.0 Å². The van der Waals surface area contributed by atoms with E-state index in [0.29, 0.717) is 5.41 Å². The third-order valence-corrected chi connectivity index (χ3v) is 3.98. The molecule has 2 rings (SSSR count). The van der Waals surface area contributed by atoms with Gasteiger partial charge in [0.15, 0.2) is 0 Å². The fourth-order valence-electron chi connectivity index (χ4n) is 3.02. The molecule has 1 N–H and O–H groups in total. The van der Waals surface area contributed by atoms with E-state index in [9.17, 15) is 4.79 Å². The van der Waals surface area contributed by atoms with Crippen molar-refractivity contribution < 1.29 is 9.53 Å². The van der Waals surface area contributed by atoms with Gasteiger partial charge in [-0.3, -0.25) is 0 Å². The molecule has 104 valence electrons. The van der Waals surface area contributed by atoms with Crippen molar-refractivity contribution in [2.24, 2.45) is 5.41 Å². The fourth-order valence-corrected chi connectivity index (χ4v) is 3.02. The molecule has 0 aromatic rings. The number of ether oxygens (including phenoxy) is 1. The van der Waals surface area contributed by atoms with Gasteiger partial charge in [-0.15, -0.1) is 0 Å². The Labute approximate surface area is 110 Å². The van der Waals surface area contributed by atoms with E-state index in [-0.39, 0.29) is 6.09 Å². The average Bonchev–Trinajstić information content (AvgIpc) is 2.51. The van der Waals surface area contributed by atoms with Crippen LogP contribution in [0.4, 0.5) is 4.79 Å². The van der Waals surface area contributed by atoms with Crippen molar-refractivity contribution in [2.75, 3.05) is 26.2 Å². The topological polar surface area (TPSA) is 41.6 Å². The minimum Gasteiger partial charge on any atom is -0.444 e. The minimum absolute atomic E-state index is 0.142. The van der Waals surface area contributed by atoms with Gasteiger partial charge >= 0.3 is 6.09 Å². The molecular weight excluding hydrogens is 228 g/mol. The van der Waals surface area contributed by atoms with Crippen LogP contribution >= 0.6 is 0 Å². The Morgan fingerprint density at radius 2 is 2.00 bits per heavy atom. The van der Waals surface area contributed by atoms with E-state index < -0.39 is 5.60 Å². The Bertz CT molecular complexity index is 301. The van der Waals surface area contributed by atoms with E-state index in [4.69, 9.17) is 4.74 Å². The summed E-state index contributed by atoms with van der Waals surface area (Å²) in [5.74, 6) is 0. The molecule has 2 heterocycles. The van der Waals surface area contributed by atoms with Crippen LogP contribution in [-0.2, 0) is 4.74 Å². The first-order valence-corrected chi connectivity index (χ1v) is 7.09. The smallest absolute Gasteiger partial charge is 0.410 e. The van der Waals surface area contributed by atoms with Crippen molar-refractivity contribution in [3.05, 3.63) is 0 Å². The normalized spacial score (nSPS) is 29.4. The molecule has 0 bridgehead atoms. The molecule has 0 aliphatic carbocycles. The van der Waals surface area contributed by atoms with Crippen LogP contribution in [0.3, 0.4) is 0 Å². The molecule has 1 unspecified atom stereocenters. The Kier molecular flexibility index (Phi) is 3.85. The van der Waals surface area contributed by atoms with Crippen LogP contribution in [0.5, 0.6) is 0 Å². The van der Waals surface area contributed by atoms with Gasteiger partial charge in [-0.05, 0) is 65.0 Å². The van der Waals surface area contributed by atoms with Crippen LogP contribution in [0.2, 0.25) is 0 Å². The van der Waals surface area contributed by atoms with Crippen LogP contribution in [0.25, 0.3) is 0 Å². The van der Waals surface area contributed by atoms with Gasteiger partial charge in [0.2, 0.25) is 0 Å². The summed E-state index contributed by atoms with van der Waals surface area (Å²) in [6.07, 6.45) is 4.64. The predicted molar refractivity (Wildman–Crippen MR) is 71.6 cm³/mol. The molecule has 4 nitrogen and oxygen atoms in total. The number of carbonyl (C=O) groups excluding carboxylic acids is 1. The SMILES string of the molecule is CC(C)(C)OC(=O)N1CCC2(CCCNCC2)C1. The molecule has 1 atom stereocenters. The number of carbonyl (C=O) groups is 1. The zero-order chi connectivity index (χ0) is 13.2. The largest absolute Gasteiger partial charge is 0.444 e. The zero-order valence-electron chi connectivity index (χ0n) is 11.9. The summed E-state index contributed by atoms with van der Waals surface area (Å²) in [7, 11) is 0. The van der Waals surface area contributed by atoms with Crippen LogP contribution in [0.15, 0.2) is 0 Å². The Morgan fingerprint density at radius 1 is 1.22 bits per heavy atom. The third kappa shape index (κ3) is 3.37. The highest BCUT2D eigenvalue weighted by Crippen LogP contribution is 2.39. The van der Waals surface area contributed by atoms with Gasteiger partial charge in [0.25, 0.3) is 0 Å². The zero-order valence-corrected chi connectivity index (χ0v) is 11.9. The van der Waals surface area contributed by atoms with Crippen molar-refractivity contribution in [1.82, 2.24) is 10.2 Å². The Balaban J connectivity index is 1.92. The highest BCUT2D eigenvalue weighted by atomic mass is 16.6. The van der Waals surface area contributed by atoms with E-state index in [1.165, 1.54) is 19.3 Å². The third-order valence-electron chi connectivity index (χ3n) is 3.98. The fraction of sp³-hybridized carbons (Fsp3) is 0.929. The van der Waals surface area contributed by atoms with Crippen molar-refractivity contribution in [1.29, 1.82) is 0 Å². The molecule has 0 aromatic heterocycles. The molecule has 2 aliphatic rings. The number of amides is 1. The van der Waals surface area contributed by atoms with Crippen molar-refractivity contribution in [3.8, 4) is 0 Å². The molecule has 0 radical (unpaired) electrons. The van der Waals surface area contributed by atoms with Crippen molar-refractivity contribution in [3.63, 3.8) is 0 Å². The second kappa shape index (κ2) is 5.08. The van der Waals surface area contributed by atoms with Crippen LogP contribution in [0.1, 0.15) is 46.5 Å². The molecule has 2 saturated heterocycles. The first-order valence-electron chi connectivity index (χ1n) is 7.09. The Morgan fingerprint density at radius 3 is 2.72 bits per heavy atom. The number of nitrogens with zero attached hydrogens (tertiary/aromatic N) is 1. The van der Waals surface area contributed by atoms with Gasteiger partial charge in [0.05, 0.1) is 0 Å². The highest BCUT2D eigenvalue weighted by molar-refractivity contribution is 5.68. The van der Waals surface area contributed by atoms with E-state index >= 15 is 0 Å². The van der Waals surface area contributed by atoms with E-state index in [1.54, 1.807) is 0 Å². The maximum absolute atomic E-state index is 12.1. The summed E-state index contributed by atoms with van der Waals surface area (Å²) < 4.78 is 5.46. The number of hydrogen-bond donors (Lipinski definition) is 1. The van der Waals surface area contributed by atoms with Gasteiger partial charge in [-0.25, -0.2) is 4.79 Å². The van der Waals surface area contributed by atoms with Gasteiger partial charge in [-0.1, -0.05) is 0 Å². The average molecular weight is 254 g/mol. The molecule has 18 heavy (non-hydrogen) atoms. The molecule has 0 saturated carbocycles. The van der Waals surface area contributed by atoms with Crippen LogP contribution in [0, 0.1) is 5.41 Å². The maximum Gasteiger partial charge on any atom is 0.410 e. The molecule has 2 fully saturated rings.